The van der Waals surface area contributed by atoms with Gasteiger partial charge in [0.25, 0.3) is 0 Å². The fourth-order valence-corrected chi connectivity index (χ4v) is 4.41. The number of aryl methyl sites for hydroxylation is 1. The summed E-state index contributed by atoms with van der Waals surface area (Å²) in [6.07, 6.45) is 3.43. The first kappa shape index (κ1) is 29.4. The SMILES string of the molecule is C=CC(=O)Nc1cccc(Oc2nc(Nc3ccc(N4CCN(C(=O)CC(C)(C)C)CC4)cc3OC)ncc2C)c1. The van der Waals surface area contributed by atoms with Crippen LogP contribution in [-0.2, 0) is 9.59 Å². The first-order valence-corrected chi connectivity index (χ1v) is 13.6. The quantitative estimate of drug-likeness (QED) is 0.330. The predicted octanol–water partition coefficient (Wildman–Crippen LogP) is 5.54. The summed E-state index contributed by atoms with van der Waals surface area (Å²) in [4.78, 5) is 37.4. The molecule has 10 nitrogen and oxygen atoms in total. The average molecular weight is 559 g/mol. The fraction of sp³-hybridized carbons (Fsp3) is 0.355. The van der Waals surface area contributed by atoms with Crippen molar-refractivity contribution in [3.8, 4) is 17.4 Å². The van der Waals surface area contributed by atoms with Crippen molar-refractivity contribution >= 4 is 34.8 Å². The Bertz CT molecular complexity index is 1410. The highest BCUT2D eigenvalue weighted by Gasteiger charge is 2.25. The maximum absolute atomic E-state index is 12.6. The molecule has 2 heterocycles. The van der Waals surface area contributed by atoms with Crippen LogP contribution in [0.1, 0.15) is 32.8 Å². The standard InChI is InChI=1S/C31H38N6O4/c1-7-27(38)33-22-9-8-10-24(17-22)41-29-21(2)20-32-30(35-29)34-25-12-11-23(18-26(25)40-6)36-13-15-37(16-14-36)28(39)19-31(3,4)5/h7-12,17-18,20H,1,13-16,19H2,2-6H3,(H,33,38)(H,32,34,35). The first-order chi connectivity index (χ1) is 19.5. The third-order valence-electron chi connectivity index (χ3n) is 6.54. The van der Waals surface area contributed by atoms with Gasteiger partial charge in [0.05, 0.1) is 12.8 Å². The minimum absolute atomic E-state index is 0.0199. The van der Waals surface area contributed by atoms with Crippen molar-refractivity contribution in [2.24, 2.45) is 5.41 Å². The van der Waals surface area contributed by atoms with E-state index in [-0.39, 0.29) is 17.2 Å². The van der Waals surface area contributed by atoms with E-state index in [0.29, 0.717) is 54.2 Å². The molecule has 1 aromatic heterocycles. The minimum Gasteiger partial charge on any atom is -0.494 e. The largest absolute Gasteiger partial charge is 0.494 e. The second-order valence-corrected chi connectivity index (χ2v) is 11.1. The summed E-state index contributed by atoms with van der Waals surface area (Å²) in [5, 5.41) is 5.94. The van der Waals surface area contributed by atoms with Crippen LogP contribution >= 0.6 is 0 Å². The third kappa shape index (κ3) is 7.97. The Labute approximate surface area is 241 Å². The molecule has 0 radical (unpaired) electrons. The number of hydrogen-bond acceptors (Lipinski definition) is 8. The van der Waals surface area contributed by atoms with Crippen LogP contribution in [0.25, 0.3) is 0 Å². The van der Waals surface area contributed by atoms with E-state index in [1.54, 1.807) is 37.6 Å². The summed E-state index contributed by atoms with van der Waals surface area (Å²) >= 11 is 0. The number of nitrogens with zero attached hydrogens (tertiary/aromatic N) is 4. The normalized spacial score (nSPS) is 13.4. The van der Waals surface area contributed by atoms with Gasteiger partial charge in [-0.2, -0.15) is 4.98 Å². The molecule has 41 heavy (non-hydrogen) atoms. The molecule has 4 rings (SSSR count). The van der Waals surface area contributed by atoms with Crippen molar-refractivity contribution in [3.63, 3.8) is 0 Å². The number of piperazine rings is 1. The number of benzene rings is 2. The molecule has 2 N–H and O–H groups in total. The summed E-state index contributed by atoms with van der Waals surface area (Å²) in [6, 6.07) is 12.9. The number of anilines is 4. The summed E-state index contributed by atoms with van der Waals surface area (Å²) in [7, 11) is 1.62. The molecule has 3 aromatic rings. The number of aromatic nitrogens is 2. The van der Waals surface area contributed by atoms with Gasteiger partial charge in [-0.25, -0.2) is 4.98 Å². The number of amides is 2. The molecule has 2 amide bonds. The Kier molecular flexibility index (Phi) is 9.11. The zero-order chi connectivity index (χ0) is 29.6. The molecular weight excluding hydrogens is 520 g/mol. The highest BCUT2D eigenvalue weighted by atomic mass is 16.5. The molecule has 1 aliphatic heterocycles. The maximum Gasteiger partial charge on any atom is 0.247 e. The molecule has 0 aliphatic carbocycles. The monoisotopic (exact) mass is 558 g/mol. The van der Waals surface area contributed by atoms with Gasteiger partial charge in [-0.15, -0.1) is 0 Å². The van der Waals surface area contributed by atoms with Crippen molar-refractivity contribution in [1.29, 1.82) is 0 Å². The molecule has 2 aromatic carbocycles. The number of carbonyl (C=O) groups is 2. The number of methoxy groups -OCH3 is 1. The van der Waals surface area contributed by atoms with Crippen LogP contribution in [0, 0.1) is 12.3 Å². The van der Waals surface area contributed by atoms with Crippen molar-refractivity contribution in [2.75, 3.05) is 48.8 Å². The molecule has 1 fully saturated rings. The third-order valence-corrected chi connectivity index (χ3v) is 6.54. The molecule has 0 atom stereocenters. The zero-order valence-electron chi connectivity index (χ0n) is 24.4. The summed E-state index contributed by atoms with van der Waals surface area (Å²) in [5.41, 5.74) is 3.04. The van der Waals surface area contributed by atoms with Crippen LogP contribution in [0.2, 0.25) is 0 Å². The number of carbonyl (C=O) groups excluding carboxylic acids is 2. The van der Waals surface area contributed by atoms with E-state index >= 15 is 0 Å². The lowest BCUT2D eigenvalue weighted by Gasteiger charge is -2.37. The lowest BCUT2D eigenvalue weighted by molar-refractivity contribution is -0.133. The second-order valence-electron chi connectivity index (χ2n) is 11.1. The minimum atomic E-state index is -0.305. The van der Waals surface area contributed by atoms with E-state index in [1.165, 1.54) is 6.08 Å². The van der Waals surface area contributed by atoms with Gasteiger partial charge < -0.3 is 29.9 Å². The fourth-order valence-electron chi connectivity index (χ4n) is 4.41. The number of nitrogens with one attached hydrogen (secondary N) is 2. The van der Waals surface area contributed by atoms with Gasteiger partial charge in [0.1, 0.15) is 11.5 Å². The van der Waals surface area contributed by atoms with Gasteiger partial charge in [-0.1, -0.05) is 33.4 Å². The van der Waals surface area contributed by atoms with E-state index in [0.717, 1.165) is 24.3 Å². The van der Waals surface area contributed by atoms with Crippen LogP contribution in [0.3, 0.4) is 0 Å². The second kappa shape index (κ2) is 12.7. The highest BCUT2D eigenvalue weighted by molar-refractivity contribution is 5.98. The van der Waals surface area contributed by atoms with Gasteiger partial charge in [-0.05, 0) is 42.7 Å². The van der Waals surface area contributed by atoms with Crippen molar-refractivity contribution in [1.82, 2.24) is 14.9 Å². The van der Waals surface area contributed by atoms with Gasteiger partial charge in [-0.3, -0.25) is 9.59 Å². The van der Waals surface area contributed by atoms with Gasteiger partial charge in [0.15, 0.2) is 0 Å². The van der Waals surface area contributed by atoms with E-state index in [9.17, 15) is 9.59 Å². The Morgan fingerprint density at radius 1 is 1.10 bits per heavy atom. The zero-order valence-corrected chi connectivity index (χ0v) is 24.4. The summed E-state index contributed by atoms with van der Waals surface area (Å²) in [6.45, 7) is 14.5. The first-order valence-electron chi connectivity index (χ1n) is 13.6. The molecule has 10 heteroatoms. The number of ether oxygens (including phenoxy) is 2. The van der Waals surface area contributed by atoms with Crippen LogP contribution < -0.4 is 25.0 Å². The predicted molar refractivity (Wildman–Crippen MR) is 161 cm³/mol. The molecular formula is C31H38N6O4. The van der Waals surface area contributed by atoms with Crippen LogP contribution in [0.4, 0.5) is 23.0 Å². The molecule has 216 valence electrons. The average Bonchev–Trinajstić information content (AvgIpc) is 2.94. The van der Waals surface area contributed by atoms with Crippen LogP contribution in [-0.4, -0.2) is 60.0 Å². The molecule has 0 saturated carbocycles. The van der Waals surface area contributed by atoms with E-state index in [1.807, 2.05) is 30.0 Å². The number of hydrogen-bond donors (Lipinski definition) is 2. The van der Waals surface area contributed by atoms with Crippen molar-refractivity contribution in [3.05, 3.63) is 66.9 Å². The Morgan fingerprint density at radius 3 is 2.54 bits per heavy atom. The smallest absolute Gasteiger partial charge is 0.247 e. The number of rotatable bonds is 9. The topological polar surface area (TPSA) is 109 Å². The molecule has 1 saturated heterocycles. The Morgan fingerprint density at radius 2 is 1.85 bits per heavy atom. The Hall–Kier alpha value is -4.60. The van der Waals surface area contributed by atoms with E-state index in [2.05, 4.69) is 52.9 Å². The highest BCUT2D eigenvalue weighted by Crippen LogP contribution is 2.33. The van der Waals surface area contributed by atoms with Crippen LogP contribution in [0.15, 0.2) is 61.3 Å². The summed E-state index contributed by atoms with van der Waals surface area (Å²) in [5.74, 6) is 1.79. The lowest BCUT2D eigenvalue weighted by Crippen LogP contribution is -2.49. The van der Waals surface area contributed by atoms with E-state index in [4.69, 9.17) is 9.47 Å². The van der Waals surface area contributed by atoms with Gasteiger partial charge in [0, 0.05) is 67.9 Å². The Balaban J connectivity index is 1.43. The van der Waals surface area contributed by atoms with E-state index < -0.39 is 0 Å². The van der Waals surface area contributed by atoms with Crippen molar-refractivity contribution < 1.29 is 19.1 Å². The summed E-state index contributed by atoms with van der Waals surface area (Å²) < 4.78 is 11.7. The van der Waals surface area contributed by atoms with Crippen LogP contribution in [0.5, 0.6) is 17.4 Å². The van der Waals surface area contributed by atoms with Gasteiger partial charge in [0.2, 0.25) is 23.6 Å². The molecule has 0 spiro atoms. The van der Waals surface area contributed by atoms with Crippen molar-refractivity contribution in [2.45, 2.75) is 34.1 Å². The molecule has 0 bridgehead atoms. The molecule has 0 unspecified atom stereocenters. The maximum atomic E-state index is 12.6. The lowest BCUT2D eigenvalue weighted by atomic mass is 9.91. The van der Waals surface area contributed by atoms with Gasteiger partial charge >= 0.3 is 0 Å². The molecule has 1 aliphatic rings.